The van der Waals surface area contributed by atoms with Gasteiger partial charge >= 0.3 is 0 Å². The second-order valence-electron chi connectivity index (χ2n) is 5.52. The Hall–Kier alpha value is -1.10. The lowest BCUT2D eigenvalue weighted by Gasteiger charge is -2.28. The number of nitrogens with two attached hydrogens (primary N) is 1. The summed E-state index contributed by atoms with van der Waals surface area (Å²) >= 11 is 0. The van der Waals surface area contributed by atoms with Crippen LogP contribution in [0.3, 0.4) is 0 Å². The van der Waals surface area contributed by atoms with Crippen LogP contribution in [0.1, 0.15) is 50.4 Å². The highest BCUT2D eigenvalue weighted by Gasteiger charge is 2.31. The molecule has 0 saturated heterocycles. The molecule has 0 amide bonds. The molecule has 1 unspecified atom stereocenters. The van der Waals surface area contributed by atoms with Crippen molar-refractivity contribution in [3.8, 4) is 0 Å². The van der Waals surface area contributed by atoms with Crippen molar-refractivity contribution in [1.82, 2.24) is 14.8 Å². The van der Waals surface area contributed by atoms with Gasteiger partial charge in [0.15, 0.2) is 5.82 Å². The first-order valence-corrected chi connectivity index (χ1v) is 7.28. The monoisotopic (exact) mass is 249 g/mol. The van der Waals surface area contributed by atoms with E-state index in [4.69, 9.17) is 10.8 Å². The topological polar surface area (TPSA) is 68.8 Å². The van der Waals surface area contributed by atoms with Crippen molar-refractivity contribution in [3.05, 3.63) is 5.82 Å². The predicted molar refractivity (Wildman–Crippen MR) is 71.5 cm³/mol. The van der Waals surface area contributed by atoms with E-state index in [-0.39, 0.29) is 0 Å². The largest absolute Gasteiger partial charge is 0.354 e. The first kappa shape index (κ1) is 12.0. The van der Waals surface area contributed by atoms with E-state index in [9.17, 15) is 0 Å². The van der Waals surface area contributed by atoms with Gasteiger partial charge in [-0.05, 0) is 38.1 Å². The molecule has 0 bridgehead atoms. The number of hydrogen-bond acceptors (Lipinski definition) is 4. The van der Waals surface area contributed by atoms with E-state index in [0.29, 0.717) is 12.6 Å². The molecule has 1 aromatic rings. The van der Waals surface area contributed by atoms with Crippen molar-refractivity contribution in [1.29, 1.82) is 0 Å². The minimum atomic E-state index is 0.572. The molecule has 5 nitrogen and oxygen atoms in total. The summed E-state index contributed by atoms with van der Waals surface area (Å²) in [5.74, 6) is 2.74. The van der Waals surface area contributed by atoms with Gasteiger partial charge in [-0.15, -0.1) is 0 Å². The van der Waals surface area contributed by atoms with Gasteiger partial charge in [0.1, 0.15) is 0 Å². The highest BCUT2D eigenvalue weighted by atomic mass is 15.4. The molecule has 1 aromatic heterocycles. The van der Waals surface area contributed by atoms with Crippen LogP contribution in [-0.4, -0.2) is 27.9 Å². The van der Waals surface area contributed by atoms with Gasteiger partial charge in [0, 0.05) is 13.0 Å². The first-order chi connectivity index (χ1) is 8.88. The molecule has 18 heavy (non-hydrogen) atoms. The number of aryl methyl sites for hydroxylation is 1. The van der Waals surface area contributed by atoms with Crippen molar-refractivity contribution in [2.75, 3.05) is 18.4 Å². The van der Waals surface area contributed by atoms with E-state index in [1.807, 2.05) is 0 Å². The third-order valence-corrected chi connectivity index (χ3v) is 4.26. The van der Waals surface area contributed by atoms with Crippen LogP contribution in [0.2, 0.25) is 0 Å². The highest BCUT2D eigenvalue weighted by molar-refractivity contribution is 5.28. The molecule has 3 rings (SSSR count). The summed E-state index contributed by atoms with van der Waals surface area (Å²) < 4.78 is 2.16. The van der Waals surface area contributed by atoms with Crippen LogP contribution in [-0.2, 0) is 6.42 Å². The number of nitrogens with zero attached hydrogens (tertiary/aromatic N) is 3. The molecule has 1 aliphatic heterocycles. The second-order valence-corrected chi connectivity index (χ2v) is 5.52. The SMILES string of the molecule is NCCCc1nc2n(n1)C(C1CCCC1)CCN2. The molecule has 100 valence electrons. The summed E-state index contributed by atoms with van der Waals surface area (Å²) in [6.07, 6.45) is 8.56. The maximum Gasteiger partial charge on any atom is 0.221 e. The molecule has 1 atom stereocenters. The lowest BCUT2D eigenvalue weighted by atomic mass is 9.95. The van der Waals surface area contributed by atoms with Crippen LogP contribution in [0, 0.1) is 5.92 Å². The van der Waals surface area contributed by atoms with Crippen LogP contribution in [0.5, 0.6) is 0 Å². The molecule has 5 heteroatoms. The lowest BCUT2D eigenvalue weighted by Crippen LogP contribution is -2.28. The lowest BCUT2D eigenvalue weighted by molar-refractivity contribution is 0.288. The van der Waals surface area contributed by atoms with Crippen LogP contribution in [0.15, 0.2) is 0 Å². The van der Waals surface area contributed by atoms with Gasteiger partial charge in [0.2, 0.25) is 5.95 Å². The minimum absolute atomic E-state index is 0.572. The number of fused-ring (bicyclic) bond motifs is 1. The van der Waals surface area contributed by atoms with Crippen LogP contribution in [0.4, 0.5) is 5.95 Å². The Bertz CT molecular complexity index is 394. The van der Waals surface area contributed by atoms with Crippen molar-refractivity contribution in [2.45, 2.75) is 51.0 Å². The Balaban J connectivity index is 1.78. The molecule has 0 radical (unpaired) electrons. The standard InChI is InChI=1S/C13H23N5/c14-8-3-6-12-16-13-15-9-7-11(18(13)17-12)10-4-1-2-5-10/h10-11H,1-9,14H2,(H,15,16,17). The average molecular weight is 249 g/mol. The van der Waals surface area contributed by atoms with E-state index in [0.717, 1.165) is 37.1 Å². The quantitative estimate of drug-likeness (QED) is 0.852. The van der Waals surface area contributed by atoms with Crippen molar-refractivity contribution < 1.29 is 0 Å². The fourth-order valence-corrected chi connectivity index (χ4v) is 3.32. The summed E-state index contributed by atoms with van der Waals surface area (Å²) in [6.45, 7) is 1.75. The third-order valence-electron chi connectivity index (χ3n) is 4.26. The van der Waals surface area contributed by atoms with Crippen LogP contribution in [0.25, 0.3) is 0 Å². The van der Waals surface area contributed by atoms with Crippen LogP contribution < -0.4 is 11.1 Å². The fourth-order valence-electron chi connectivity index (χ4n) is 3.32. The highest BCUT2D eigenvalue weighted by Crippen LogP contribution is 2.38. The molecule has 1 fully saturated rings. The zero-order chi connectivity index (χ0) is 12.4. The molecular formula is C13H23N5. The van der Waals surface area contributed by atoms with Gasteiger partial charge in [0.25, 0.3) is 0 Å². The Morgan fingerprint density at radius 3 is 2.89 bits per heavy atom. The van der Waals surface area contributed by atoms with Gasteiger partial charge in [-0.1, -0.05) is 12.8 Å². The van der Waals surface area contributed by atoms with E-state index in [2.05, 4.69) is 15.0 Å². The molecule has 1 saturated carbocycles. The number of rotatable bonds is 4. The molecular weight excluding hydrogens is 226 g/mol. The van der Waals surface area contributed by atoms with Crippen molar-refractivity contribution >= 4 is 5.95 Å². The van der Waals surface area contributed by atoms with E-state index < -0.39 is 0 Å². The number of aromatic nitrogens is 3. The van der Waals surface area contributed by atoms with E-state index in [1.165, 1.54) is 32.1 Å². The molecule has 2 aliphatic rings. The Morgan fingerprint density at radius 2 is 2.11 bits per heavy atom. The molecule has 0 spiro atoms. The van der Waals surface area contributed by atoms with Crippen molar-refractivity contribution in [2.24, 2.45) is 11.7 Å². The second kappa shape index (κ2) is 5.26. The Morgan fingerprint density at radius 1 is 1.28 bits per heavy atom. The first-order valence-electron chi connectivity index (χ1n) is 7.28. The summed E-state index contributed by atoms with van der Waals surface area (Å²) in [4.78, 5) is 4.60. The summed E-state index contributed by atoms with van der Waals surface area (Å²) in [5.41, 5.74) is 5.55. The van der Waals surface area contributed by atoms with Gasteiger partial charge in [-0.2, -0.15) is 10.1 Å². The molecule has 3 N–H and O–H groups in total. The zero-order valence-corrected chi connectivity index (χ0v) is 10.9. The fraction of sp³-hybridized carbons (Fsp3) is 0.846. The maximum atomic E-state index is 5.55. The average Bonchev–Trinajstić information content (AvgIpc) is 3.04. The van der Waals surface area contributed by atoms with E-state index >= 15 is 0 Å². The van der Waals surface area contributed by atoms with E-state index in [1.54, 1.807) is 0 Å². The summed E-state index contributed by atoms with van der Waals surface area (Å²) in [6, 6.07) is 0.572. The zero-order valence-electron chi connectivity index (χ0n) is 10.9. The number of anilines is 1. The van der Waals surface area contributed by atoms with Gasteiger partial charge in [-0.3, -0.25) is 0 Å². The maximum absolute atomic E-state index is 5.55. The summed E-state index contributed by atoms with van der Waals surface area (Å²) in [5, 5.41) is 8.07. The summed E-state index contributed by atoms with van der Waals surface area (Å²) in [7, 11) is 0. The molecule has 1 aliphatic carbocycles. The van der Waals surface area contributed by atoms with Gasteiger partial charge < -0.3 is 11.1 Å². The minimum Gasteiger partial charge on any atom is -0.354 e. The third kappa shape index (κ3) is 2.23. The normalized spacial score (nSPS) is 23.9. The van der Waals surface area contributed by atoms with Gasteiger partial charge in [-0.25, -0.2) is 4.68 Å². The van der Waals surface area contributed by atoms with Gasteiger partial charge in [0.05, 0.1) is 6.04 Å². The number of nitrogens with one attached hydrogen (secondary N) is 1. The molecule has 2 heterocycles. The Kier molecular flexibility index (Phi) is 3.50. The predicted octanol–water partition coefficient (Wildman–Crippen LogP) is 1.72. The van der Waals surface area contributed by atoms with Crippen LogP contribution >= 0.6 is 0 Å². The Labute approximate surface area is 108 Å². The number of hydrogen-bond donors (Lipinski definition) is 2. The smallest absolute Gasteiger partial charge is 0.221 e. The molecule has 0 aromatic carbocycles. The van der Waals surface area contributed by atoms with Crippen molar-refractivity contribution in [3.63, 3.8) is 0 Å².